The maximum atomic E-state index is 12.2. The van der Waals surface area contributed by atoms with Gasteiger partial charge in [-0.25, -0.2) is 8.42 Å². The summed E-state index contributed by atoms with van der Waals surface area (Å²) in [7, 11) is -3.15. The van der Waals surface area contributed by atoms with Crippen LogP contribution in [-0.4, -0.2) is 68.2 Å². The molecule has 0 N–H and O–H groups in total. The highest BCUT2D eigenvalue weighted by atomic mass is 32.2. The van der Waals surface area contributed by atoms with Crippen LogP contribution in [0.25, 0.3) is 0 Å². The normalized spacial score (nSPS) is 25.1. The number of amides is 1. The molecule has 7 heteroatoms. The zero-order valence-corrected chi connectivity index (χ0v) is 12.9. The van der Waals surface area contributed by atoms with Crippen LogP contribution in [0.5, 0.6) is 0 Å². The van der Waals surface area contributed by atoms with Crippen molar-refractivity contribution in [3.8, 4) is 0 Å². The Bertz CT molecular complexity index is 424. The third-order valence-electron chi connectivity index (χ3n) is 3.90. The second-order valence-electron chi connectivity index (χ2n) is 5.40. The Balaban J connectivity index is 1.84. The SMILES string of the molecule is CCCCS(=O)(=O)N1CCN(C(=O)C2CCCO2)CC1. The molecule has 1 amide bonds. The second-order valence-corrected chi connectivity index (χ2v) is 7.48. The molecule has 2 fully saturated rings. The molecule has 0 aromatic carbocycles. The summed E-state index contributed by atoms with van der Waals surface area (Å²) in [6.45, 7) is 4.40. The van der Waals surface area contributed by atoms with Crippen LogP contribution in [0.15, 0.2) is 0 Å². The van der Waals surface area contributed by atoms with Gasteiger partial charge < -0.3 is 9.64 Å². The van der Waals surface area contributed by atoms with Crippen molar-refractivity contribution in [1.82, 2.24) is 9.21 Å². The lowest BCUT2D eigenvalue weighted by atomic mass is 10.2. The molecule has 2 saturated heterocycles. The highest BCUT2D eigenvalue weighted by molar-refractivity contribution is 7.89. The van der Waals surface area contributed by atoms with E-state index < -0.39 is 10.0 Å². The maximum Gasteiger partial charge on any atom is 0.251 e. The topological polar surface area (TPSA) is 66.9 Å². The average molecular weight is 304 g/mol. The third-order valence-corrected chi connectivity index (χ3v) is 5.86. The molecule has 0 aromatic heterocycles. The molecule has 1 atom stereocenters. The van der Waals surface area contributed by atoms with Crippen LogP contribution in [-0.2, 0) is 19.6 Å². The predicted octanol–water partition coefficient (Wildman–Crippen LogP) is 0.440. The van der Waals surface area contributed by atoms with E-state index in [2.05, 4.69) is 0 Å². The molecular formula is C13H24N2O4S. The molecule has 6 nitrogen and oxygen atoms in total. The van der Waals surface area contributed by atoms with Crippen LogP contribution >= 0.6 is 0 Å². The first-order valence-electron chi connectivity index (χ1n) is 7.43. The summed E-state index contributed by atoms with van der Waals surface area (Å²) in [6, 6.07) is 0. The summed E-state index contributed by atoms with van der Waals surface area (Å²) >= 11 is 0. The molecule has 0 radical (unpaired) electrons. The number of sulfonamides is 1. The fourth-order valence-corrected chi connectivity index (χ4v) is 4.25. The minimum Gasteiger partial charge on any atom is -0.368 e. The van der Waals surface area contributed by atoms with Crippen LogP contribution in [0.4, 0.5) is 0 Å². The largest absolute Gasteiger partial charge is 0.368 e. The molecule has 20 heavy (non-hydrogen) atoms. The van der Waals surface area contributed by atoms with Crippen molar-refractivity contribution in [2.45, 2.75) is 38.7 Å². The number of ether oxygens (including phenoxy) is 1. The van der Waals surface area contributed by atoms with Crippen molar-refractivity contribution < 1.29 is 17.9 Å². The van der Waals surface area contributed by atoms with Gasteiger partial charge in [0, 0.05) is 32.8 Å². The van der Waals surface area contributed by atoms with Gasteiger partial charge in [0.25, 0.3) is 5.91 Å². The average Bonchev–Trinajstić information content (AvgIpc) is 2.99. The van der Waals surface area contributed by atoms with Gasteiger partial charge >= 0.3 is 0 Å². The number of unbranched alkanes of at least 4 members (excludes halogenated alkanes) is 1. The molecule has 0 bridgehead atoms. The Hall–Kier alpha value is -0.660. The van der Waals surface area contributed by atoms with Crippen LogP contribution in [0.2, 0.25) is 0 Å². The number of hydrogen-bond donors (Lipinski definition) is 0. The van der Waals surface area contributed by atoms with Gasteiger partial charge in [-0.3, -0.25) is 4.79 Å². The van der Waals surface area contributed by atoms with E-state index in [1.807, 2.05) is 6.92 Å². The van der Waals surface area contributed by atoms with E-state index in [1.54, 1.807) is 4.90 Å². The standard InChI is InChI=1S/C13H24N2O4S/c1-2-3-11-20(17,18)15-8-6-14(7-9-15)13(16)12-5-4-10-19-12/h12H,2-11H2,1H3. The van der Waals surface area contributed by atoms with Gasteiger partial charge in [-0.1, -0.05) is 13.3 Å². The van der Waals surface area contributed by atoms with Gasteiger partial charge in [-0.05, 0) is 19.3 Å². The molecule has 0 aromatic rings. The Morgan fingerprint density at radius 1 is 1.25 bits per heavy atom. The minimum absolute atomic E-state index is 0.0214. The smallest absolute Gasteiger partial charge is 0.251 e. The lowest BCUT2D eigenvalue weighted by molar-refractivity contribution is -0.142. The van der Waals surface area contributed by atoms with Gasteiger partial charge in [0.05, 0.1) is 5.75 Å². The number of carbonyl (C=O) groups is 1. The van der Waals surface area contributed by atoms with Crippen LogP contribution in [0.1, 0.15) is 32.6 Å². The van der Waals surface area contributed by atoms with Gasteiger partial charge in [0.1, 0.15) is 6.10 Å². The Morgan fingerprint density at radius 2 is 1.95 bits per heavy atom. The van der Waals surface area contributed by atoms with Gasteiger partial charge in [-0.2, -0.15) is 4.31 Å². The molecule has 0 saturated carbocycles. The molecule has 2 heterocycles. The van der Waals surface area contributed by atoms with E-state index in [4.69, 9.17) is 4.74 Å². The molecule has 0 aliphatic carbocycles. The predicted molar refractivity (Wildman–Crippen MR) is 75.8 cm³/mol. The van der Waals surface area contributed by atoms with Gasteiger partial charge in [-0.15, -0.1) is 0 Å². The van der Waals surface area contributed by atoms with E-state index in [1.165, 1.54) is 4.31 Å². The number of nitrogens with zero attached hydrogens (tertiary/aromatic N) is 2. The molecule has 2 aliphatic heterocycles. The maximum absolute atomic E-state index is 12.2. The van der Waals surface area contributed by atoms with E-state index in [0.29, 0.717) is 39.2 Å². The Labute approximate surface area is 121 Å². The first-order chi connectivity index (χ1) is 9.54. The molecule has 1 unspecified atom stereocenters. The van der Waals surface area contributed by atoms with Crippen LogP contribution in [0.3, 0.4) is 0 Å². The van der Waals surface area contributed by atoms with Crippen molar-refractivity contribution in [3.05, 3.63) is 0 Å². The lowest BCUT2D eigenvalue weighted by Crippen LogP contribution is -2.53. The highest BCUT2D eigenvalue weighted by Crippen LogP contribution is 2.17. The first kappa shape index (κ1) is 15.7. The number of piperazine rings is 1. The summed E-state index contributed by atoms with van der Waals surface area (Å²) in [6.07, 6.45) is 2.97. The van der Waals surface area contributed by atoms with E-state index in [9.17, 15) is 13.2 Å². The fraction of sp³-hybridized carbons (Fsp3) is 0.923. The zero-order valence-electron chi connectivity index (χ0n) is 12.1. The number of carbonyl (C=O) groups excluding carboxylic acids is 1. The van der Waals surface area contributed by atoms with Crippen molar-refractivity contribution in [1.29, 1.82) is 0 Å². The van der Waals surface area contributed by atoms with E-state index >= 15 is 0 Å². The first-order valence-corrected chi connectivity index (χ1v) is 9.03. The lowest BCUT2D eigenvalue weighted by Gasteiger charge is -2.35. The van der Waals surface area contributed by atoms with E-state index in [0.717, 1.165) is 19.3 Å². The quantitative estimate of drug-likeness (QED) is 0.739. The number of hydrogen-bond acceptors (Lipinski definition) is 4. The molecule has 2 rings (SSSR count). The number of rotatable bonds is 5. The van der Waals surface area contributed by atoms with Crippen LogP contribution < -0.4 is 0 Å². The Kier molecular flexibility index (Phi) is 5.40. The summed E-state index contributed by atoms with van der Waals surface area (Å²) in [5.41, 5.74) is 0. The van der Waals surface area contributed by atoms with E-state index in [-0.39, 0.29) is 17.8 Å². The second kappa shape index (κ2) is 6.87. The Morgan fingerprint density at radius 3 is 2.50 bits per heavy atom. The molecule has 2 aliphatic rings. The van der Waals surface area contributed by atoms with Gasteiger partial charge in [0.2, 0.25) is 10.0 Å². The zero-order chi connectivity index (χ0) is 14.6. The highest BCUT2D eigenvalue weighted by Gasteiger charge is 2.32. The third kappa shape index (κ3) is 3.71. The van der Waals surface area contributed by atoms with Crippen molar-refractivity contribution >= 4 is 15.9 Å². The van der Waals surface area contributed by atoms with Crippen LogP contribution in [0, 0.1) is 0 Å². The van der Waals surface area contributed by atoms with Crippen molar-refractivity contribution in [3.63, 3.8) is 0 Å². The summed E-state index contributed by atoms with van der Waals surface area (Å²) in [4.78, 5) is 13.9. The van der Waals surface area contributed by atoms with Crippen molar-refractivity contribution in [2.24, 2.45) is 0 Å². The molecule has 0 spiro atoms. The molecular weight excluding hydrogens is 280 g/mol. The van der Waals surface area contributed by atoms with Gasteiger partial charge in [0.15, 0.2) is 0 Å². The monoisotopic (exact) mass is 304 g/mol. The molecule has 116 valence electrons. The summed E-state index contributed by atoms with van der Waals surface area (Å²) in [5.74, 6) is 0.233. The summed E-state index contributed by atoms with van der Waals surface area (Å²) < 4.78 is 31.1. The fourth-order valence-electron chi connectivity index (χ4n) is 2.62. The minimum atomic E-state index is -3.15. The summed E-state index contributed by atoms with van der Waals surface area (Å²) in [5, 5.41) is 0. The van der Waals surface area contributed by atoms with Crippen molar-refractivity contribution in [2.75, 3.05) is 38.5 Å².